The molecule has 0 aliphatic carbocycles. The highest BCUT2D eigenvalue weighted by Crippen LogP contribution is 2.40. The average molecular weight is 382 g/mol. The normalized spacial score (nSPS) is 22.1. The number of furan rings is 1. The maximum atomic E-state index is 13.0. The third-order valence-corrected chi connectivity index (χ3v) is 5.88. The zero-order chi connectivity index (χ0) is 19.7. The smallest absolute Gasteiger partial charge is 0.289 e. The van der Waals surface area contributed by atoms with Crippen LogP contribution in [0.2, 0.25) is 0 Å². The monoisotopic (exact) mass is 382 g/mol. The lowest BCUT2D eigenvalue weighted by Gasteiger charge is -2.37. The predicted octanol–water partition coefficient (Wildman–Crippen LogP) is 3.25. The molecule has 2 amide bonds. The maximum Gasteiger partial charge on any atom is 0.289 e. The number of para-hydroxylation sites is 1. The van der Waals surface area contributed by atoms with Gasteiger partial charge in [-0.2, -0.15) is 0 Å². The van der Waals surface area contributed by atoms with Crippen molar-refractivity contribution in [2.24, 2.45) is 5.41 Å². The van der Waals surface area contributed by atoms with Crippen LogP contribution in [0, 0.1) is 12.3 Å². The summed E-state index contributed by atoms with van der Waals surface area (Å²) < 4.78 is 11.5. The molecule has 0 saturated carbocycles. The molecular formula is C22H26N2O4. The van der Waals surface area contributed by atoms with Gasteiger partial charge in [-0.25, -0.2) is 0 Å². The number of ether oxygens (including phenoxy) is 1. The summed E-state index contributed by atoms with van der Waals surface area (Å²) in [6.07, 6.45) is 2.57. The van der Waals surface area contributed by atoms with Crippen LogP contribution in [0.25, 0.3) is 0 Å². The molecule has 1 spiro atoms. The van der Waals surface area contributed by atoms with Crippen LogP contribution in [0.1, 0.15) is 41.1 Å². The second-order valence-electron chi connectivity index (χ2n) is 7.91. The summed E-state index contributed by atoms with van der Waals surface area (Å²) in [5.41, 5.74) is 0.382. The first-order valence-electron chi connectivity index (χ1n) is 9.80. The van der Waals surface area contributed by atoms with Gasteiger partial charge < -0.3 is 19.0 Å². The van der Waals surface area contributed by atoms with E-state index < -0.39 is 5.41 Å². The molecule has 4 rings (SSSR count). The number of carbonyl (C=O) groups excluding carboxylic acids is 2. The molecule has 1 aromatic carbocycles. The second-order valence-corrected chi connectivity index (χ2v) is 7.91. The molecule has 1 unspecified atom stereocenters. The Morgan fingerprint density at radius 2 is 2.00 bits per heavy atom. The van der Waals surface area contributed by atoms with Crippen LogP contribution in [0.5, 0.6) is 5.75 Å². The minimum absolute atomic E-state index is 0.138. The Morgan fingerprint density at radius 1 is 1.21 bits per heavy atom. The van der Waals surface area contributed by atoms with Crippen LogP contribution in [0.4, 0.5) is 0 Å². The van der Waals surface area contributed by atoms with Gasteiger partial charge in [-0.3, -0.25) is 9.59 Å². The van der Waals surface area contributed by atoms with E-state index in [4.69, 9.17) is 9.15 Å². The van der Waals surface area contributed by atoms with Crippen LogP contribution in [-0.2, 0) is 11.4 Å². The number of benzene rings is 1. The summed E-state index contributed by atoms with van der Waals surface area (Å²) in [6.45, 7) is 4.01. The third-order valence-electron chi connectivity index (χ3n) is 5.88. The van der Waals surface area contributed by atoms with Gasteiger partial charge >= 0.3 is 0 Å². The first-order chi connectivity index (χ1) is 13.5. The fourth-order valence-electron chi connectivity index (χ4n) is 4.34. The molecule has 2 saturated heterocycles. The number of amides is 2. The first-order valence-corrected chi connectivity index (χ1v) is 9.80. The van der Waals surface area contributed by atoms with Gasteiger partial charge in [-0.1, -0.05) is 18.2 Å². The quantitative estimate of drug-likeness (QED) is 0.814. The van der Waals surface area contributed by atoms with Gasteiger partial charge in [0, 0.05) is 32.2 Å². The summed E-state index contributed by atoms with van der Waals surface area (Å²) in [7, 11) is 1.85. The third kappa shape index (κ3) is 3.39. The van der Waals surface area contributed by atoms with E-state index in [1.165, 1.54) is 0 Å². The summed E-state index contributed by atoms with van der Waals surface area (Å²) in [5, 5.41) is 0. The van der Waals surface area contributed by atoms with Crippen molar-refractivity contribution in [3.05, 3.63) is 53.5 Å². The van der Waals surface area contributed by atoms with Crippen molar-refractivity contribution in [2.75, 3.05) is 26.7 Å². The number of likely N-dealkylation sites (tertiary alicyclic amines) is 2. The molecule has 6 nitrogen and oxygen atoms in total. The van der Waals surface area contributed by atoms with E-state index in [2.05, 4.69) is 0 Å². The molecule has 2 aliphatic rings. The number of nitrogens with zero attached hydrogens (tertiary/aromatic N) is 2. The van der Waals surface area contributed by atoms with Crippen molar-refractivity contribution in [2.45, 2.75) is 32.8 Å². The largest absolute Gasteiger partial charge is 0.486 e. The van der Waals surface area contributed by atoms with Crippen LogP contribution in [0.15, 0.2) is 40.8 Å². The van der Waals surface area contributed by atoms with Crippen molar-refractivity contribution in [1.82, 2.24) is 9.80 Å². The lowest BCUT2D eigenvalue weighted by atomic mass is 9.78. The van der Waals surface area contributed by atoms with Crippen molar-refractivity contribution in [3.8, 4) is 5.75 Å². The van der Waals surface area contributed by atoms with E-state index in [-0.39, 0.29) is 18.4 Å². The second kappa shape index (κ2) is 7.34. The predicted molar refractivity (Wildman–Crippen MR) is 104 cm³/mol. The molecule has 28 heavy (non-hydrogen) atoms. The molecule has 0 radical (unpaired) electrons. The standard InChI is InChI=1S/C22H26N2O4/c1-16-13-18(14-27-17-7-4-3-5-8-17)28-19(16)20(25)24-12-10-22(15-24)9-6-11-23(2)21(22)26/h3-5,7-8,13H,6,9-12,14-15H2,1-2H3. The van der Waals surface area contributed by atoms with Crippen molar-refractivity contribution in [1.29, 1.82) is 0 Å². The van der Waals surface area contributed by atoms with Crippen molar-refractivity contribution in [3.63, 3.8) is 0 Å². The fraction of sp³-hybridized carbons (Fsp3) is 0.455. The topological polar surface area (TPSA) is 63.0 Å². The van der Waals surface area contributed by atoms with Gasteiger partial charge in [0.1, 0.15) is 18.1 Å². The first kappa shape index (κ1) is 18.6. The van der Waals surface area contributed by atoms with Gasteiger partial charge in [-0.15, -0.1) is 0 Å². The van der Waals surface area contributed by atoms with Crippen LogP contribution in [-0.4, -0.2) is 48.3 Å². The Labute approximate surface area is 165 Å². The Morgan fingerprint density at radius 3 is 2.79 bits per heavy atom. The van der Waals surface area contributed by atoms with Gasteiger partial charge in [-0.05, 0) is 44.4 Å². The van der Waals surface area contributed by atoms with E-state index >= 15 is 0 Å². The molecule has 0 N–H and O–H groups in total. The fourth-order valence-corrected chi connectivity index (χ4v) is 4.34. The molecule has 3 heterocycles. The van der Waals surface area contributed by atoms with Gasteiger partial charge in [0.05, 0.1) is 5.41 Å². The highest BCUT2D eigenvalue weighted by Gasteiger charge is 2.49. The number of hydrogen-bond acceptors (Lipinski definition) is 4. The lowest BCUT2D eigenvalue weighted by molar-refractivity contribution is -0.143. The Kier molecular flexibility index (Phi) is 4.87. The summed E-state index contributed by atoms with van der Waals surface area (Å²) in [4.78, 5) is 29.3. The van der Waals surface area contributed by atoms with Crippen molar-refractivity contribution < 1.29 is 18.7 Å². The summed E-state index contributed by atoms with van der Waals surface area (Å²) >= 11 is 0. The van der Waals surface area contributed by atoms with Crippen molar-refractivity contribution >= 4 is 11.8 Å². The number of carbonyl (C=O) groups is 2. The Hall–Kier alpha value is -2.76. The number of piperidine rings is 1. The summed E-state index contributed by atoms with van der Waals surface area (Å²) in [5.74, 6) is 1.75. The molecular weight excluding hydrogens is 356 g/mol. The zero-order valence-corrected chi connectivity index (χ0v) is 16.4. The molecule has 0 bridgehead atoms. The van der Waals surface area contributed by atoms with E-state index in [0.29, 0.717) is 24.6 Å². The highest BCUT2D eigenvalue weighted by atomic mass is 16.5. The Bertz CT molecular complexity index is 876. The number of hydrogen-bond donors (Lipinski definition) is 0. The van der Waals surface area contributed by atoms with E-state index in [1.807, 2.05) is 50.4 Å². The minimum atomic E-state index is -0.414. The molecule has 2 fully saturated rings. The SMILES string of the molecule is Cc1cc(COc2ccccc2)oc1C(=O)N1CCC2(CCCN(C)C2=O)C1. The average Bonchev–Trinajstić information content (AvgIpc) is 3.29. The van der Waals surface area contributed by atoms with Crippen LogP contribution >= 0.6 is 0 Å². The molecule has 6 heteroatoms. The number of rotatable bonds is 4. The molecule has 148 valence electrons. The van der Waals surface area contributed by atoms with E-state index in [9.17, 15) is 9.59 Å². The van der Waals surface area contributed by atoms with E-state index in [0.717, 1.165) is 37.1 Å². The molecule has 2 aromatic rings. The molecule has 1 aromatic heterocycles. The number of aryl methyl sites for hydroxylation is 1. The van der Waals surface area contributed by atoms with Crippen LogP contribution in [0.3, 0.4) is 0 Å². The molecule has 1 atom stereocenters. The van der Waals surface area contributed by atoms with E-state index in [1.54, 1.807) is 9.80 Å². The summed E-state index contributed by atoms with van der Waals surface area (Å²) in [6, 6.07) is 11.4. The molecule has 2 aliphatic heterocycles. The van der Waals surface area contributed by atoms with Gasteiger partial charge in [0.2, 0.25) is 5.91 Å². The van der Waals surface area contributed by atoms with Gasteiger partial charge in [0.25, 0.3) is 5.91 Å². The van der Waals surface area contributed by atoms with Crippen LogP contribution < -0.4 is 4.74 Å². The highest BCUT2D eigenvalue weighted by molar-refractivity contribution is 5.94. The maximum absolute atomic E-state index is 13.0. The lowest BCUT2D eigenvalue weighted by Crippen LogP contribution is -2.48. The zero-order valence-electron chi connectivity index (χ0n) is 16.4. The Balaban J connectivity index is 1.44. The minimum Gasteiger partial charge on any atom is -0.486 e. The van der Waals surface area contributed by atoms with Gasteiger partial charge in [0.15, 0.2) is 5.76 Å².